The van der Waals surface area contributed by atoms with E-state index in [1.807, 2.05) is 19.1 Å². The Balaban J connectivity index is 1.99. The molecule has 2 rings (SSSR count). The summed E-state index contributed by atoms with van der Waals surface area (Å²) in [5, 5.41) is 3.53. The molecule has 0 heterocycles. The summed E-state index contributed by atoms with van der Waals surface area (Å²) < 4.78 is 13.0. The number of hydrogen-bond acceptors (Lipinski definition) is 2. The highest BCUT2D eigenvalue weighted by atomic mass is 19.1. The smallest absolute Gasteiger partial charge is 0.223 e. The zero-order valence-corrected chi connectivity index (χ0v) is 12.4. The van der Waals surface area contributed by atoms with Crippen molar-refractivity contribution in [1.29, 1.82) is 0 Å². The van der Waals surface area contributed by atoms with E-state index in [0.29, 0.717) is 12.3 Å². The summed E-state index contributed by atoms with van der Waals surface area (Å²) in [7, 11) is 3.54. The van der Waals surface area contributed by atoms with Gasteiger partial charge >= 0.3 is 0 Å². The van der Waals surface area contributed by atoms with E-state index in [9.17, 15) is 9.18 Å². The lowest BCUT2D eigenvalue weighted by atomic mass is 10.0. The first-order chi connectivity index (χ1) is 9.47. The highest BCUT2D eigenvalue weighted by Crippen LogP contribution is 2.41. The van der Waals surface area contributed by atoms with Gasteiger partial charge in [0.05, 0.1) is 0 Å². The maximum Gasteiger partial charge on any atom is 0.223 e. The number of halogens is 1. The monoisotopic (exact) mass is 278 g/mol. The van der Waals surface area contributed by atoms with Gasteiger partial charge in [-0.3, -0.25) is 4.79 Å². The molecule has 0 spiro atoms. The van der Waals surface area contributed by atoms with Crippen LogP contribution in [0.15, 0.2) is 24.3 Å². The topological polar surface area (TPSA) is 32.3 Å². The summed E-state index contributed by atoms with van der Waals surface area (Å²) >= 11 is 0. The number of carbonyl (C=O) groups excluding carboxylic acids is 1. The second-order valence-electron chi connectivity index (χ2n) is 5.93. The van der Waals surface area contributed by atoms with Crippen molar-refractivity contribution in [3.8, 4) is 0 Å². The van der Waals surface area contributed by atoms with Crippen LogP contribution < -0.4 is 5.32 Å². The third-order valence-corrected chi connectivity index (χ3v) is 3.77. The van der Waals surface area contributed by atoms with Gasteiger partial charge in [-0.1, -0.05) is 12.1 Å². The molecular weight excluding hydrogens is 255 g/mol. The minimum Gasteiger partial charge on any atom is -0.349 e. The molecule has 0 radical (unpaired) electrons. The highest BCUT2D eigenvalue weighted by molar-refractivity contribution is 5.76. The minimum atomic E-state index is -0.209. The van der Waals surface area contributed by atoms with Gasteiger partial charge in [-0.25, -0.2) is 4.39 Å². The van der Waals surface area contributed by atoms with Gasteiger partial charge in [-0.05, 0) is 43.4 Å². The van der Waals surface area contributed by atoms with Crippen molar-refractivity contribution in [3.05, 3.63) is 35.6 Å². The molecule has 2 atom stereocenters. The van der Waals surface area contributed by atoms with Crippen molar-refractivity contribution in [3.63, 3.8) is 0 Å². The Bertz CT molecular complexity index is 454. The summed E-state index contributed by atoms with van der Waals surface area (Å²) in [5.41, 5.74) is 1.11. The summed E-state index contributed by atoms with van der Waals surface area (Å²) in [6.07, 6.45) is 2.88. The fourth-order valence-corrected chi connectivity index (χ4v) is 2.41. The fraction of sp³-hybridized carbons (Fsp3) is 0.562. The number of hydrogen-bond donors (Lipinski definition) is 1. The SMILES string of the molecule is C[C@@H](CC(=O)N(C)C)N[C@@H](c1ccc(F)cc1)C1CC1. The first-order valence-corrected chi connectivity index (χ1v) is 7.19. The molecule has 0 aliphatic heterocycles. The van der Waals surface area contributed by atoms with E-state index in [0.717, 1.165) is 5.56 Å². The molecule has 0 aromatic heterocycles. The summed E-state index contributed by atoms with van der Waals surface area (Å²) in [5.74, 6) is 0.523. The van der Waals surface area contributed by atoms with Crippen molar-refractivity contribution < 1.29 is 9.18 Å². The third kappa shape index (κ3) is 4.04. The van der Waals surface area contributed by atoms with Crippen molar-refractivity contribution in [2.24, 2.45) is 5.92 Å². The largest absolute Gasteiger partial charge is 0.349 e. The molecule has 3 nitrogen and oxygen atoms in total. The lowest BCUT2D eigenvalue weighted by Gasteiger charge is -2.24. The second kappa shape index (κ2) is 6.35. The Labute approximate surface area is 120 Å². The number of carbonyl (C=O) groups is 1. The molecule has 1 N–H and O–H groups in total. The lowest BCUT2D eigenvalue weighted by molar-refractivity contribution is -0.129. The molecule has 1 saturated carbocycles. The molecule has 1 fully saturated rings. The van der Waals surface area contributed by atoms with Gasteiger partial charge in [-0.15, -0.1) is 0 Å². The predicted molar refractivity (Wildman–Crippen MR) is 77.8 cm³/mol. The normalized spacial score (nSPS) is 17.6. The molecule has 0 unspecified atom stereocenters. The first kappa shape index (κ1) is 15.0. The molecule has 20 heavy (non-hydrogen) atoms. The maximum absolute atomic E-state index is 13.0. The van der Waals surface area contributed by atoms with Gasteiger partial charge in [0, 0.05) is 32.6 Å². The van der Waals surface area contributed by atoms with E-state index in [-0.39, 0.29) is 23.8 Å². The van der Waals surface area contributed by atoms with Crippen LogP contribution in [0.5, 0.6) is 0 Å². The average molecular weight is 278 g/mol. The molecular formula is C16H23FN2O. The molecule has 110 valence electrons. The second-order valence-corrected chi connectivity index (χ2v) is 5.93. The molecule has 1 aliphatic rings. The van der Waals surface area contributed by atoms with Gasteiger partial charge in [-0.2, -0.15) is 0 Å². The lowest BCUT2D eigenvalue weighted by Crippen LogP contribution is -2.36. The summed E-state index contributed by atoms with van der Waals surface area (Å²) in [6, 6.07) is 7.02. The van der Waals surface area contributed by atoms with E-state index < -0.39 is 0 Å². The van der Waals surface area contributed by atoms with E-state index >= 15 is 0 Å². The molecule has 0 saturated heterocycles. The van der Waals surface area contributed by atoms with E-state index in [2.05, 4.69) is 5.32 Å². The molecule has 1 aromatic carbocycles. The van der Waals surface area contributed by atoms with Gasteiger partial charge < -0.3 is 10.2 Å². The molecule has 0 bridgehead atoms. The number of nitrogens with zero attached hydrogens (tertiary/aromatic N) is 1. The number of amides is 1. The Hall–Kier alpha value is -1.42. The maximum atomic E-state index is 13.0. The van der Waals surface area contributed by atoms with Crippen LogP contribution in [0.1, 0.15) is 37.8 Å². The van der Waals surface area contributed by atoms with Crippen molar-refractivity contribution >= 4 is 5.91 Å². The summed E-state index contributed by atoms with van der Waals surface area (Å²) in [4.78, 5) is 13.4. The van der Waals surface area contributed by atoms with Crippen molar-refractivity contribution in [2.75, 3.05) is 14.1 Å². The van der Waals surface area contributed by atoms with E-state index in [1.54, 1.807) is 19.0 Å². The van der Waals surface area contributed by atoms with Crippen LogP contribution >= 0.6 is 0 Å². The van der Waals surface area contributed by atoms with Crippen molar-refractivity contribution in [2.45, 2.75) is 38.3 Å². The van der Waals surface area contributed by atoms with Gasteiger partial charge in [0.2, 0.25) is 5.91 Å². The number of rotatable bonds is 6. The third-order valence-electron chi connectivity index (χ3n) is 3.77. The Morgan fingerprint density at radius 1 is 1.35 bits per heavy atom. The van der Waals surface area contributed by atoms with Crippen LogP contribution in [0.3, 0.4) is 0 Å². The van der Waals surface area contributed by atoms with Crippen LogP contribution in [0.2, 0.25) is 0 Å². The average Bonchev–Trinajstić information content (AvgIpc) is 3.21. The molecule has 4 heteroatoms. The zero-order chi connectivity index (χ0) is 14.7. The van der Waals surface area contributed by atoms with Crippen LogP contribution in [0.25, 0.3) is 0 Å². The van der Waals surface area contributed by atoms with Gasteiger partial charge in [0.1, 0.15) is 5.82 Å². The number of nitrogens with one attached hydrogen (secondary N) is 1. The minimum absolute atomic E-state index is 0.112. The van der Waals surface area contributed by atoms with Gasteiger partial charge in [0.25, 0.3) is 0 Å². The quantitative estimate of drug-likeness (QED) is 0.868. The molecule has 1 aromatic rings. The van der Waals surface area contributed by atoms with Crippen LogP contribution in [-0.2, 0) is 4.79 Å². The van der Waals surface area contributed by atoms with E-state index in [1.165, 1.54) is 25.0 Å². The summed E-state index contributed by atoms with van der Waals surface area (Å²) in [6.45, 7) is 2.03. The zero-order valence-electron chi connectivity index (χ0n) is 12.4. The van der Waals surface area contributed by atoms with Crippen LogP contribution in [0.4, 0.5) is 4.39 Å². The number of benzene rings is 1. The van der Waals surface area contributed by atoms with Gasteiger partial charge in [0.15, 0.2) is 0 Å². The van der Waals surface area contributed by atoms with Crippen molar-refractivity contribution in [1.82, 2.24) is 10.2 Å². The van der Waals surface area contributed by atoms with E-state index in [4.69, 9.17) is 0 Å². The van der Waals surface area contributed by atoms with Crippen LogP contribution in [-0.4, -0.2) is 30.9 Å². The Morgan fingerprint density at radius 3 is 2.45 bits per heavy atom. The standard InChI is InChI=1S/C16H23FN2O/c1-11(10-15(20)19(2)3)18-16(12-4-5-12)13-6-8-14(17)9-7-13/h6-9,11-12,16,18H,4-5,10H2,1-3H3/t11-,16+/m0/s1. The Kier molecular flexibility index (Phi) is 4.76. The Morgan fingerprint density at radius 2 is 1.95 bits per heavy atom. The predicted octanol–water partition coefficient (Wildman–Crippen LogP) is 2.73. The fourth-order valence-electron chi connectivity index (χ4n) is 2.41. The molecule has 1 aliphatic carbocycles. The van der Waals surface area contributed by atoms with Crippen LogP contribution in [0, 0.1) is 11.7 Å². The first-order valence-electron chi connectivity index (χ1n) is 7.19. The molecule has 1 amide bonds. The highest BCUT2D eigenvalue weighted by Gasteiger charge is 2.33.